The van der Waals surface area contributed by atoms with Gasteiger partial charge in [0, 0.05) is 137 Å². The number of hydrogen-bond acceptors (Lipinski definition) is 9. The number of aliphatic hydroxyl groups excluding tert-OH is 1. The number of nitrogens with zero attached hydrogens (tertiary/aromatic N) is 2. The van der Waals surface area contributed by atoms with Gasteiger partial charge in [0.25, 0.3) is 0 Å². The first-order valence-corrected chi connectivity index (χ1v) is 33.7. The highest BCUT2D eigenvalue weighted by Crippen LogP contribution is 2.23. The number of rotatable bonds is 30. The van der Waals surface area contributed by atoms with Crippen LogP contribution in [0.5, 0.6) is 0 Å². The highest BCUT2D eigenvalue weighted by Gasteiger charge is 2.28. The number of epoxide rings is 1. The molecule has 1 saturated heterocycles. The molecule has 1 aliphatic heterocycles. The van der Waals surface area contributed by atoms with Crippen molar-refractivity contribution >= 4 is 111 Å². The standard InChI is InChI=1S/C21H42N2O3S.C19H35NO2.C6H14NO.2ClH.S8/c1-16(2)9-8-12-22-21(26)11-10-19(13-20(25)17(3)4)27-15-18(24)14-23(5,6)7;1-16(2)12-8-6-5-7-11-15-20-19(22)14-10-9-13-18(21)17(3)4;1-7(2,3)4-6-5-8-6;;;1-3-5-7-8-6-4-2/h16-19,24H,8-15H2,1-7H3;9-10,16-17H,5-8,11-15H2,1-4H3,(H,20,22);6H,4-5H2,1-3H3;2*1H;/q;;+1;;;/p-1/b;10-9+;;;;. The molecule has 0 radical (unpaired) electrons. The van der Waals surface area contributed by atoms with Crippen molar-refractivity contribution in [1.29, 1.82) is 0 Å². The number of thioether (sulfide) groups is 1. The molecular weight excluding hydrogens is 1060 g/mol. The van der Waals surface area contributed by atoms with E-state index in [9.17, 15) is 24.3 Å². The van der Waals surface area contributed by atoms with Crippen LogP contribution in [0.2, 0.25) is 0 Å². The Bertz CT molecular complexity index is 1560. The zero-order valence-electron chi connectivity index (χ0n) is 43.4. The van der Waals surface area contributed by atoms with E-state index in [-0.39, 0.29) is 65.3 Å². The van der Waals surface area contributed by atoms with Gasteiger partial charge in [0.1, 0.15) is 36.9 Å². The minimum atomic E-state index is -0.406. The van der Waals surface area contributed by atoms with Gasteiger partial charge >= 0.3 is 0 Å². The van der Waals surface area contributed by atoms with Crippen LogP contribution in [-0.2, 0) is 99.6 Å². The number of unbranched alkanes of at least 4 members (excludes halogenated alkanes) is 4. The fourth-order valence-electron chi connectivity index (χ4n) is 5.72. The molecule has 400 valence electrons. The molecule has 3 unspecified atom stereocenters. The third kappa shape index (κ3) is 64.5. The summed E-state index contributed by atoms with van der Waals surface area (Å²) in [6, 6.07) is 0. The molecule has 3 atom stereocenters. The highest BCUT2D eigenvalue weighted by molar-refractivity contribution is 8.70. The van der Waals surface area contributed by atoms with Crippen LogP contribution in [0, 0.1) is 23.7 Å². The zero-order valence-corrected chi connectivity index (χ0v) is 52.3. The number of nitrogens with one attached hydrogen (secondary N) is 2. The number of halogens is 2. The van der Waals surface area contributed by atoms with Crippen molar-refractivity contribution in [3.8, 4) is 0 Å². The molecule has 1 aliphatic rings. The Morgan fingerprint density at radius 2 is 1.13 bits per heavy atom. The SMILES string of the molecule is CC(C)CCCCCCCNC(=O)C/C=C/CC(=O)C(C)C.CC(C)CCCNC(=O)CCC(CC(=O)C(C)C)SCC(O)C[N+](C)(C)C.C[N+](C)(C)CC1CO1.S=S=S=S=S=S=S=S.[Cl-].[Cl-]. The van der Waals surface area contributed by atoms with Crippen LogP contribution in [0.1, 0.15) is 139 Å². The number of carbonyl (C=O) groups is 4. The summed E-state index contributed by atoms with van der Waals surface area (Å²) in [6.45, 7) is 20.8. The van der Waals surface area contributed by atoms with Gasteiger partial charge in [-0.05, 0) is 37.5 Å². The maximum Gasteiger partial charge on any atom is 0.223 e. The maximum atomic E-state index is 12.2. The van der Waals surface area contributed by atoms with E-state index in [1.165, 1.54) is 49.9 Å². The molecular formula is C46H92Cl2N4O6S9. The maximum absolute atomic E-state index is 12.2. The molecule has 1 heterocycles. The molecule has 0 aromatic rings. The monoisotopic (exact) mass is 1150 g/mol. The first-order valence-electron chi connectivity index (χ1n) is 23.3. The number of hydrogen-bond donors (Lipinski definition) is 3. The van der Waals surface area contributed by atoms with Crippen molar-refractivity contribution in [2.45, 2.75) is 156 Å². The first kappa shape index (κ1) is 76.5. The number of ketones is 2. The Morgan fingerprint density at radius 1 is 0.657 bits per heavy atom. The van der Waals surface area contributed by atoms with Crippen LogP contribution >= 0.6 is 11.8 Å². The normalized spacial score (nSPS) is 13.7. The number of aliphatic hydroxyl groups is 1. The second-order valence-electron chi connectivity index (χ2n) is 20.0. The largest absolute Gasteiger partial charge is 1.00 e. The number of amides is 2. The van der Waals surface area contributed by atoms with Crippen LogP contribution < -0.4 is 35.4 Å². The molecule has 0 bridgehead atoms. The Labute approximate surface area is 453 Å². The van der Waals surface area contributed by atoms with E-state index in [2.05, 4.69) is 103 Å². The minimum Gasteiger partial charge on any atom is -1.00 e. The topological polar surface area (TPSA) is 125 Å². The van der Waals surface area contributed by atoms with Crippen molar-refractivity contribution in [2.24, 2.45) is 23.7 Å². The van der Waals surface area contributed by atoms with Crippen molar-refractivity contribution in [2.75, 3.05) is 80.8 Å². The van der Waals surface area contributed by atoms with Gasteiger partial charge in [-0.3, -0.25) is 19.2 Å². The van der Waals surface area contributed by atoms with Crippen LogP contribution in [0.25, 0.3) is 0 Å². The zero-order chi connectivity index (χ0) is 50.3. The third-order valence-corrected chi connectivity index (χ3v) is 21.9. The Kier molecular flexibility index (Phi) is 55.7. The van der Waals surface area contributed by atoms with Crippen molar-refractivity contribution in [3.05, 3.63) is 12.2 Å². The molecule has 0 spiro atoms. The van der Waals surface area contributed by atoms with Crippen LogP contribution in [0.15, 0.2) is 12.2 Å². The molecule has 0 aliphatic carbocycles. The summed E-state index contributed by atoms with van der Waals surface area (Å²) in [4.78, 5) is 47.2. The summed E-state index contributed by atoms with van der Waals surface area (Å²) < 4.78 is 6.79. The van der Waals surface area contributed by atoms with Crippen LogP contribution in [0.4, 0.5) is 0 Å². The van der Waals surface area contributed by atoms with E-state index in [0.29, 0.717) is 60.9 Å². The minimum absolute atomic E-state index is 0. The van der Waals surface area contributed by atoms with Gasteiger partial charge in [-0.25, -0.2) is 0 Å². The van der Waals surface area contributed by atoms with E-state index >= 15 is 0 Å². The van der Waals surface area contributed by atoms with Crippen LogP contribution in [-0.4, -0.2) is 136 Å². The van der Waals surface area contributed by atoms with Gasteiger partial charge in [0.15, 0.2) is 0 Å². The summed E-state index contributed by atoms with van der Waals surface area (Å²) in [6.07, 6.45) is 15.7. The average molecular weight is 1160 g/mol. The van der Waals surface area contributed by atoms with Gasteiger partial charge in [-0.1, -0.05) is 99.6 Å². The van der Waals surface area contributed by atoms with E-state index in [4.69, 9.17) is 4.74 Å². The number of likely N-dealkylation sites (N-methyl/N-ethyl adjacent to an activating group) is 2. The quantitative estimate of drug-likeness (QED) is 0.0429. The predicted octanol–water partition coefficient (Wildman–Crippen LogP) is 1.84. The number of quaternary nitrogens is 2. The van der Waals surface area contributed by atoms with Gasteiger partial charge in [0.2, 0.25) is 11.8 Å². The van der Waals surface area contributed by atoms with Crippen LogP contribution in [0.3, 0.4) is 0 Å². The highest BCUT2D eigenvalue weighted by atomic mass is 35.5. The fourth-order valence-corrected chi connectivity index (χ4v) is 17.9. The second kappa shape index (κ2) is 48.8. The Hall–Kier alpha value is 0.550. The first-order chi connectivity index (χ1) is 30.3. The third-order valence-electron chi connectivity index (χ3n) is 9.34. The van der Waals surface area contributed by atoms with E-state index in [1.54, 1.807) is 59.4 Å². The van der Waals surface area contributed by atoms with Crippen molar-refractivity contribution in [1.82, 2.24) is 10.6 Å². The fraction of sp³-hybridized carbons (Fsp3) is 0.870. The smallest absolute Gasteiger partial charge is 0.223 e. The lowest BCUT2D eigenvalue weighted by atomic mass is 10.0. The number of ether oxygens (including phenoxy) is 1. The van der Waals surface area contributed by atoms with E-state index < -0.39 is 6.10 Å². The summed E-state index contributed by atoms with van der Waals surface area (Å²) >= 11 is 10.8. The molecule has 21 heteroatoms. The Balaban J connectivity index is -0.000000283. The second-order valence-corrected chi connectivity index (χ2v) is 31.9. The lowest BCUT2D eigenvalue weighted by molar-refractivity contribution is -0.873. The van der Waals surface area contributed by atoms with Gasteiger partial charge in [-0.15, -0.1) is 0 Å². The summed E-state index contributed by atoms with van der Waals surface area (Å²) in [5, 5.41) is 16.2. The number of carbonyl (C=O) groups excluding carboxylic acids is 4. The van der Waals surface area contributed by atoms with Gasteiger partial charge < -0.3 is 54.3 Å². The molecule has 0 aromatic carbocycles. The van der Waals surface area contributed by atoms with Crippen molar-refractivity contribution in [3.63, 3.8) is 0 Å². The molecule has 3 N–H and O–H groups in total. The predicted molar refractivity (Wildman–Crippen MR) is 301 cm³/mol. The number of allylic oxidation sites excluding steroid dienone is 1. The molecule has 10 nitrogen and oxygen atoms in total. The van der Waals surface area contributed by atoms with Crippen molar-refractivity contribution < 1.29 is 62.8 Å². The summed E-state index contributed by atoms with van der Waals surface area (Å²) in [5.74, 6) is 2.70. The molecule has 0 aromatic heterocycles. The average Bonchev–Trinajstić information content (AvgIpc) is 4.01. The lowest BCUT2D eigenvalue weighted by Gasteiger charge is -2.27. The molecule has 1 fully saturated rings. The van der Waals surface area contributed by atoms with Gasteiger partial charge in [0.05, 0.1) is 48.9 Å². The summed E-state index contributed by atoms with van der Waals surface area (Å²) in [7, 11) is 21.8. The van der Waals surface area contributed by atoms with Gasteiger partial charge in [-0.2, -0.15) is 11.8 Å². The molecule has 67 heavy (non-hydrogen) atoms. The lowest BCUT2D eigenvalue weighted by Crippen LogP contribution is -3.00. The molecule has 2 amide bonds. The Morgan fingerprint density at radius 3 is 1.60 bits per heavy atom. The molecule has 1 rings (SSSR count). The van der Waals surface area contributed by atoms with E-state index in [0.717, 1.165) is 55.9 Å². The van der Waals surface area contributed by atoms with E-state index in [1.807, 2.05) is 27.7 Å². The molecule has 0 saturated carbocycles. The number of Topliss-reactive ketones (excluding diaryl/α,β-unsaturated/α-hetero) is 2. The summed E-state index contributed by atoms with van der Waals surface area (Å²) in [5.41, 5.74) is 0.